The monoisotopic (exact) mass is 203 g/mol. The molecular formula is C9H11Cl2N. The second-order valence-electron chi connectivity index (χ2n) is 2.46. The summed E-state index contributed by atoms with van der Waals surface area (Å²) in [6.45, 7) is 1.60. The van der Waals surface area contributed by atoms with Crippen LogP contribution in [0.4, 0.5) is 0 Å². The van der Waals surface area contributed by atoms with Crippen molar-refractivity contribution in [3.05, 3.63) is 34.9 Å². The molecule has 0 fully saturated rings. The second kappa shape index (κ2) is 5.41. The number of rotatable bonds is 4. The summed E-state index contributed by atoms with van der Waals surface area (Å²) >= 11 is 11.4. The predicted molar refractivity (Wildman–Crippen MR) is 53.9 cm³/mol. The van der Waals surface area contributed by atoms with Crippen LogP contribution in [0.5, 0.6) is 0 Å². The van der Waals surface area contributed by atoms with Crippen LogP contribution in [0.15, 0.2) is 24.3 Å². The molecule has 0 radical (unpaired) electrons. The fourth-order valence-electron chi connectivity index (χ4n) is 0.932. The van der Waals surface area contributed by atoms with E-state index < -0.39 is 0 Å². The Kier molecular flexibility index (Phi) is 4.44. The molecule has 1 aromatic rings. The van der Waals surface area contributed by atoms with Gasteiger partial charge in [-0.1, -0.05) is 29.8 Å². The van der Waals surface area contributed by atoms with Crippen LogP contribution in [-0.2, 0) is 6.54 Å². The number of nitrogens with one attached hydrogen (secondary N) is 1. The molecule has 3 heteroatoms. The first-order valence-corrected chi connectivity index (χ1v) is 4.76. The van der Waals surface area contributed by atoms with E-state index in [9.17, 15) is 0 Å². The minimum absolute atomic E-state index is 0.629. The molecule has 0 aliphatic carbocycles. The Morgan fingerprint density at radius 3 is 2.67 bits per heavy atom. The average molecular weight is 204 g/mol. The molecule has 0 amide bonds. The van der Waals surface area contributed by atoms with Crippen LogP contribution < -0.4 is 5.32 Å². The third-order valence-electron chi connectivity index (χ3n) is 1.54. The van der Waals surface area contributed by atoms with E-state index in [0.717, 1.165) is 23.7 Å². The second-order valence-corrected chi connectivity index (χ2v) is 3.24. The van der Waals surface area contributed by atoms with Gasteiger partial charge >= 0.3 is 0 Å². The van der Waals surface area contributed by atoms with Crippen molar-refractivity contribution >= 4 is 23.2 Å². The van der Waals surface area contributed by atoms with Crippen molar-refractivity contribution in [2.75, 3.05) is 12.4 Å². The molecule has 1 aromatic carbocycles. The predicted octanol–water partition coefficient (Wildman–Crippen LogP) is 2.67. The number of hydrogen-bond donors (Lipinski definition) is 1. The minimum atomic E-state index is 0.629. The summed E-state index contributed by atoms with van der Waals surface area (Å²) in [7, 11) is 0. The third kappa shape index (κ3) is 3.02. The number of halogens is 2. The Bertz CT molecular complexity index is 238. The minimum Gasteiger partial charge on any atom is -0.311 e. The van der Waals surface area contributed by atoms with Crippen LogP contribution in [0, 0.1) is 0 Å². The van der Waals surface area contributed by atoms with Crippen LogP contribution in [0.3, 0.4) is 0 Å². The number of alkyl halides is 1. The SMILES string of the molecule is ClCCNCc1ccccc1Cl. The molecular weight excluding hydrogens is 193 g/mol. The lowest BCUT2D eigenvalue weighted by Crippen LogP contribution is -2.15. The van der Waals surface area contributed by atoms with E-state index in [4.69, 9.17) is 23.2 Å². The fraction of sp³-hybridized carbons (Fsp3) is 0.333. The van der Waals surface area contributed by atoms with Crippen molar-refractivity contribution in [3.63, 3.8) is 0 Å². The van der Waals surface area contributed by atoms with E-state index >= 15 is 0 Å². The molecule has 0 aliphatic heterocycles. The molecule has 66 valence electrons. The highest BCUT2D eigenvalue weighted by atomic mass is 35.5. The highest BCUT2D eigenvalue weighted by molar-refractivity contribution is 6.31. The van der Waals surface area contributed by atoms with Gasteiger partial charge in [-0.05, 0) is 11.6 Å². The highest BCUT2D eigenvalue weighted by Gasteiger charge is 1.96. The first kappa shape index (κ1) is 9.85. The van der Waals surface area contributed by atoms with Gasteiger partial charge in [0.1, 0.15) is 0 Å². The van der Waals surface area contributed by atoms with Crippen LogP contribution >= 0.6 is 23.2 Å². The Morgan fingerprint density at radius 1 is 1.25 bits per heavy atom. The Labute approximate surface area is 82.7 Å². The molecule has 0 atom stereocenters. The normalized spacial score (nSPS) is 10.2. The molecule has 1 rings (SSSR count). The molecule has 0 heterocycles. The largest absolute Gasteiger partial charge is 0.311 e. The summed E-state index contributed by atoms with van der Waals surface area (Å²) in [5.41, 5.74) is 1.12. The summed E-state index contributed by atoms with van der Waals surface area (Å²) in [5, 5.41) is 3.98. The average Bonchev–Trinajstić information content (AvgIpc) is 2.09. The quantitative estimate of drug-likeness (QED) is 0.587. The lowest BCUT2D eigenvalue weighted by molar-refractivity contribution is 0.730. The van der Waals surface area contributed by atoms with E-state index in [-0.39, 0.29) is 0 Å². The fourth-order valence-corrected chi connectivity index (χ4v) is 1.27. The number of benzene rings is 1. The van der Waals surface area contributed by atoms with E-state index in [0.29, 0.717) is 5.88 Å². The number of hydrogen-bond acceptors (Lipinski definition) is 1. The highest BCUT2D eigenvalue weighted by Crippen LogP contribution is 2.13. The van der Waals surface area contributed by atoms with Gasteiger partial charge in [-0.3, -0.25) is 0 Å². The first-order valence-electron chi connectivity index (χ1n) is 3.84. The van der Waals surface area contributed by atoms with Gasteiger partial charge in [0.25, 0.3) is 0 Å². The molecule has 0 bridgehead atoms. The Balaban J connectivity index is 2.46. The van der Waals surface area contributed by atoms with Gasteiger partial charge in [-0.25, -0.2) is 0 Å². The van der Waals surface area contributed by atoms with Gasteiger partial charge in [0.15, 0.2) is 0 Å². The van der Waals surface area contributed by atoms with E-state index in [1.807, 2.05) is 24.3 Å². The smallest absolute Gasteiger partial charge is 0.0450 e. The standard InChI is InChI=1S/C9H11Cl2N/c10-5-6-12-7-8-3-1-2-4-9(8)11/h1-4,12H,5-7H2. The molecule has 1 nitrogen and oxygen atoms in total. The topological polar surface area (TPSA) is 12.0 Å². The zero-order valence-corrected chi connectivity index (χ0v) is 8.20. The van der Waals surface area contributed by atoms with Gasteiger partial charge < -0.3 is 5.32 Å². The van der Waals surface area contributed by atoms with Crippen LogP contribution in [0.1, 0.15) is 5.56 Å². The van der Waals surface area contributed by atoms with E-state index in [1.165, 1.54) is 0 Å². The van der Waals surface area contributed by atoms with Crippen molar-refractivity contribution in [2.45, 2.75) is 6.54 Å². The summed E-state index contributed by atoms with van der Waals surface area (Å²) in [5.74, 6) is 0.629. The molecule has 0 unspecified atom stereocenters. The third-order valence-corrected chi connectivity index (χ3v) is 2.10. The Morgan fingerprint density at radius 2 is 2.00 bits per heavy atom. The lowest BCUT2D eigenvalue weighted by atomic mass is 10.2. The molecule has 12 heavy (non-hydrogen) atoms. The lowest BCUT2D eigenvalue weighted by Gasteiger charge is -2.03. The van der Waals surface area contributed by atoms with Gasteiger partial charge in [0.2, 0.25) is 0 Å². The maximum atomic E-state index is 5.93. The molecule has 1 N–H and O–H groups in total. The Hall–Kier alpha value is -0.240. The van der Waals surface area contributed by atoms with Crippen LogP contribution in [-0.4, -0.2) is 12.4 Å². The van der Waals surface area contributed by atoms with Crippen molar-refractivity contribution in [1.29, 1.82) is 0 Å². The van der Waals surface area contributed by atoms with E-state index in [1.54, 1.807) is 0 Å². The zero-order chi connectivity index (χ0) is 8.81. The summed E-state index contributed by atoms with van der Waals surface area (Å²) in [6.07, 6.45) is 0. The maximum absolute atomic E-state index is 5.93. The van der Waals surface area contributed by atoms with E-state index in [2.05, 4.69) is 5.32 Å². The molecule has 0 saturated carbocycles. The van der Waals surface area contributed by atoms with Crippen molar-refractivity contribution in [3.8, 4) is 0 Å². The van der Waals surface area contributed by atoms with Crippen LogP contribution in [0.2, 0.25) is 5.02 Å². The molecule has 0 spiro atoms. The summed E-state index contributed by atoms with van der Waals surface area (Å²) in [4.78, 5) is 0. The molecule has 0 aliphatic rings. The first-order chi connectivity index (χ1) is 5.84. The maximum Gasteiger partial charge on any atom is 0.0450 e. The van der Waals surface area contributed by atoms with Crippen LogP contribution in [0.25, 0.3) is 0 Å². The molecule has 0 aromatic heterocycles. The van der Waals surface area contributed by atoms with Crippen molar-refractivity contribution < 1.29 is 0 Å². The van der Waals surface area contributed by atoms with Gasteiger partial charge in [-0.15, -0.1) is 11.6 Å². The summed E-state index contributed by atoms with van der Waals surface area (Å²) in [6, 6.07) is 7.79. The molecule has 0 saturated heterocycles. The summed E-state index contributed by atoms with van der Waals surface area (Å²) < 4.78 is 0. The van der Waals surface area contributed by atoms with Gasteiger partial charge in [-0.2, -0.15) is 0 Å². The van der Waals surface area contributed by atoms with Crippen molar-refractivity contribution in [2.24, 2.45) is 0 Å². The zero-order valence-electron chi connectivity index (χ0n) is 6.69. The van der Waals surface area contributed by atoms with Gasteiger partial charge in [0, 0.05) is 24.0 Å². The van der Waals surface area contributed by atoms with Gasteiger partial charge in [0.05, 0.1) is 0 Å². The van der Waals surface area contributed by atoms with Crippen molar-refractivity contribution in [1.82, 2.24) is 5.32 Å².